The van der Waals surface area contributed by atoms with Gasteiger partial charge in [0, 0.05) is 18.0 Å². The van der Waals surface area contributed by atoms with Gasteiger partial charge in [0.15, 0.2) is 0 Å². The molecule has 2 nitrogen and oxygen atoms in total. The number of carbonyl (C=O) groups is 1. The molecular formula is C17H20F3NO. The van der Waals surface area contributed by atoms with Crippen LogP contribution in [0.1, 0.15) is 38.3 Å². The predicted molar refractivity (Wildman–Crippen MR) is 77.5 cm³/mol. The van der Waals surface area contributed by atoms with Crippen LogP contribution in [0.3, 0.4) is 0 Å². The van der Waals surface area contributed by atoms with Crippen LogP contribution < -0.4 is 0 Å². The van der Waals surface area contributed by atoms with Crippen LogP contribution in [0, 0.1) is 5.41 Å². The lowest BCUT2D eigenvalue weighted by Crippen LogP contribution is -2.66. The normalized spacial score (nSPS) is 29.9. The minimum atomic E-state index is -4.80. The van der Waals surface area contributed by atoms with E-state index >= 15 is 0 Å². The van der Waals surface area contributed by atoms with E-state index in [0.29, 0.717) is 12.8 Å². The number of rotatable bonds is 0. The predicted octanol–water partition coefficient (Wildman–Crippen LogP) is 3.69. The standard InChI is InChI=1S/C17H20F3NO/c1-15(2)13-10-11-6-4-5-7-12(11)16(15,3)8-9-21(13)14(22)17(18,19)20/h4-7,13H,8-10H2,1-3H3. The van der Waals surface area contributed by atoms with Crippen molar-refractivity contribution in [2.75, 3.05) is 6.54 Å². The Morgan fingerprint density at radius 3 is 2.50 bits per heavy atom. The quantitative estimate of drug-likeness (QED) is 0.715. The minimum Gasteiger partial charge on any atom is -0.331 e. The molecule has 0 N–H and O–H groups in total. The summed E-state index contributed by atoms with van der Waals surface area (Å²) < 4.78 is 38.7. The molecule has 1 saturated heterocycles. The van der Waals surface area contributed by atoms with E-state index in [4.69, 9.17) is 0 Å². The van der Waals surface area contributed by atoms with Crippen molar-refractivity contribution in [3.63, 3.8) is 0 Å². The second kappa shape index (κ2) is 4.49. The van der Waals surface area contributed by atoms with Gasteiger partial charge in [-0.1, -0.05) is 45.0 Å². The Balaban J connectivity index is 2.09. The molecule has 2 atom stereocenters. The topological polar surface area (TPSA) is 20.3 Å². The van der Waals surface area contributed by atoms with E-state index in [1.807, 2.05) is 32.0 Å². The highest BCUT2D eigenvalue weighted by Gasteiger charge is 2.59. The lowest BCUT2D eigenvalue weighted by molar-refractivity contribution is -0.195. The van der Waals surface area contributed by atoms with Crippen molar-refractivity contribution >= 4 is 5.91 Å². The molecule has 0 saturated carbocycles. The third-order valence-corrected chi connectivity index (χ3v) is 6.01. The Bertz CT molecular complexity index is 623. The third-order valence-electron chi connectivity index (χ3n) is 6.01. The van der Waals surface area contributed by atoms with Crippen LogP contribution in [-0.4, -0.2) is 29.6 Å². The number of hydrogen-bond donors (Lipinski definition) is 0. The van der Waals surface area contributed by atoms with E-state index in [2.05, 4.69) is 13.0 Å². The Kier molecular flexibility index (Phi) is 3.14. The van der Waals surface area contributed by atoms with Crippen molar-refractivity contribution in [3.8, 4) is 0 Å². The number of piperidine rings is 1. The van der Waals surface area contributed by atoms with Crippen LogP contribution in [0.4, 0.5) is 13.2 Å². The lowest BCUT2D eigenvalue weighted by Gasteiger charge is -2.60. The number of carbonyl (C=O) groups excluding carboxylic acids is 1. The van der Waals surface area contributed by atoms with Crippen molar-refractivity contribution in [1.29, 1.82) is 0 Å². The summed E-state index contributed by atoms with van der Waals surface area (Å²) in [4.78, 5) is 12.9. The zero-order chi connectivity index (χ0) is 16.3. The van der Waals surface area contributed by atoms with E-state index in [1.165, 1.54) is 5.56 Å². The highest BCUT2D eigenvalue weighted by molar-refractivity contribution is 5.82. The highest BCUT2D eigenvalue weighted by Crippen LogP contribution is 2.56. The van der Waals surface area contributed by atoms with Gasteiger partial charge in [0.05, 0.1) is 0 Å². The molecular weight excluding hydrogens is 291 g/mol. The van der Waals surface area contributed by atoms with Crippen LogP contribution in [0.2, 0.25) is 0 Å². The fourth-order valence-corrected chi connectivity index (χ4v) is 4.28. The second-order valence-electron chi connectivity index (χ2n) is 7.18. The highest BCUT2D eigenvalue weighted by atomic mass is 19.4. The van der Waals surface area contributed by atoms with Crippen molar-refractivity contribution in [3.05, 3.63) is 35.4 Å². The van der Waals surface area contributed by atoms with Gasteiger partial charge in [0.25, 0.3) is 0 Å². The molecule has 120 valence electrons. The summed E-state index contributed by atoms with van der Waals surface area (Å²) in [6, 6.07) is 7.52. The average Bonchev–Trinajstić information content (AvgIpc) is 2.41. The molecule has 0 radical (unpaired) electrons. The summed E-state index contributed by atoms with van der Waals surface area (Å²) in [7, 11) is 0. The number of nitrogens with zero attached hydrogens (tertiary/aromatic N) is 1. The van der Waals surface area contributed by atoms with Gasteiger partial charge in [0.2, 0.25) is 0 Å². The van der Waals surface area contributed by atoms with Gasteiger partial charge in [0.1, 0.15) is 0 Å². The van der Waals surface area contributed by atoms with Crippen molar-refractivity contribution < 1.29 is 18.0 Å². The fourth-order valence-electron chi connectivity index (χ4n) is 4.28. The molecule has 2 bridgehead atoms. The maximum absolute atomic E-state index is 12.9. The van der Waals surface area contributed by atoms with Crippen molar-refractivity contribution in [2.24, 2.45) is 5.41 Å². The van der Waals surface area contributed by atoms with E-state index in [1.54, 1.807) is 0 Å². The monoisotopic (exact) mass is 311 g/mol. The summed E-state index contributed by atoms with van der Waals surface area (Å²) in [6.45, 7) is 6.26. The largest absolute Gasteiger partial charge is 0.471 e. The number of amides is 1. The summed E-state index contributed by atoms with van der Waals surface area (Å²) in [5, 5.41) is 0. The number of alkyl halides is 3. The van der Waals surface area contributed by atoms with Gasteiger partial charge in [-0.15, -0.1) is 0 Å². The number of hydrogen-bond acceptors (Lipinski definition) is 1. The molecule has 1 amide bonds. The third kappa shape index (κ3) is 1.90. The van der Waals surface area contributed by atoms with Gasteiger partial charge in [-0.05, 0) is 29.4 Å². The molecule has 1 heterocycles. The molecule has 1 fully saturated rings. The van der Waals surface area contributed by atoms with E-state index in [9.17, 15) is 18.0 Å². The first-order valence-electron chi connectivity index (χ1n) is 7.55. The number of fused-ring (bicyclic) bond motifs is 4. The Hall–Kier alpha value is -1.52. The van der Waals surface area contributed by atoms with E-state index in [0.717, 1.165) is 10.5 Å². The van der Waals surface area contributed by atoms with Gasteiger partial charge in [-0.3, -0.25) is 4.79 Å². The molecule has 1 aromatic carbocycles. The summed E-state index contributed by atoms with van der Waals surface area (Å²) >= 11 is 0. The van der Waals surface area contributed by atoms with Gasteiger partial charge >= 0.3 is 12.1 Å². The van der Waals surface area contributed by atoms with Crippen LogP contribution in [0.5, 0.6) is 0 Å². The first-order chi connectivity index (χ1) is 10.1. The second-order valence-corrected chi connectivity index (χ2v) is 7.18. The number of halogens is 3. The molecule has 2 aliphatic rings. The summed E-state index contributed by atoms with van der Waals surface area (Å²) in [6.07, 6.45) is -3.77. The smallest absolute Gasteiger partial charge is 0.331 e. The van der Waals surface area contributed by atoms with Gasteiger partial charge in [-0.2, -0.15) is 13.2 Å². The molecule has 22 heavy (non-hydrogen) atoms. The molecule has 0 aromatic heterocycles. The van der Waals surface area contributed by atoms with Crippen LogP contribution in [-0.2, 0) is 16.6 Å². The Morgan fingerprint density at radius 2 is 1.86 bits per heavy atom. The Morgan fingerprint density at radius 1 is 1.23 bits per heavy atom. The van der Waals surface area contributed by atoms with Gasteiger partial charge < -0.3 is 4.90 Å². The number of likely N-dealkylation sites (tertiary alicyclic amines) is 1. The van der Waals surface area contributed by atoms with Crippen molar-refractivity contribution in [2.45, 2.75) is 51.2 Å². The molecule has 3 rings (SSSR count). The molecule has 2 unspecified atom stereocenters. The fraction of sp³-hybridized carbons (Fsp3) is 0.588. The minimum absolute atomic E-state index is 0.164. The maximum Gasteiger partial charge on any atom is 0.471 e. The summed E-state index contributed by atoms with van der Waals surface area (Å²) in [5.41, 5.74) is 1.67. The zero-order valence-electron chi connectivity index (χ0n) is 13.0. The molecule has 1 aliphatic carbocycles. The lowest BCUT2D eigenvalue weighted by atomic mass is 9.51. The average molecular weight is 311 g/mol. The van der Waals surface area contributed by atoms with Crippen LogP contribution in [0.15, 0.2) is 24.3 Å². The van der Waals surface area contributed by atoms with Crippen molar-refractivity contribution in [1.82, 2.24) is 4.90 Å². The maximum atomic E-state index is 12.9. The summed E-state index contributed by atoms with van der Waals surface area (Å²) in [5.74, 6) is -1.70. The van der Waals surface area contributed by atoms with Gasteiger partial charge in [-0.25, -0.2) is 0 Å². The van der Waals surface area contributed by atoms with E-state index in [-0.39, 0.29) is 12.0 Å². The first-order valence-corrected chi connectivity index (χ1v) is 7.55. The number of benzene rings is 1. The van der Waals surface area contributed by atoms with Crippen LogP contribution in [0.25, 0.3) is 0 Å². The van der Waals surface area contributed by atoms with Crippen LogP contribution >= 0.6 is 0 Å². The van der Waals surface area contributed by atoms with E-state index < -0.39 is 23.5 Å². The Labute approximate surface area is 128 Å². The zero-order valence-corrected chi connectivity index (χ0v) is 13.0. The molecule has 0 spiro atoms. The molecule has 5 heteroatoms. The molecule has 1 aliphatic heterocycles. The first kappa shape index (κ1) is 15.4. The molecule has 1 aromatic rings. The SMILES string of the molecule is CC12CCN(C(=O)C(F)(F)F)C(Cc3ccccc31)C2(C)C.